The smallest absolute Gasteiger partial charge is 0.340 e. The number of halogens is 1. The van der Waals surface area contributed by atoms with E-state index in [1.54, 1.807) is 36.7 Å². The van der Waals surface area contributed by atoms with E-state index in [-0.39, 0.29) is 18.3 Å². The van der Waals surface area contributed by atoms with Crippen LogP contribution in [0.4, 0.5) is 0 Å². The Morgan fingerprint density at radius 1 is 1.10 bits per heavy atom. The van der Waals surface area contributed by atoms with Crippen LogP contribution in [-0.2, 0) is 9.53 Å². The molecule has 1 heterocycles. The van der Waals surface area contributed by atoms with Gasteiger partial charge >= 0.3 is 5.97 Å². The maximum Gasteiger partial charge on any atom is 0.340 e. The molecule has 1 amide bonds. The van der Waals surface area contributed by atoms with E-state index >= 15 is 0 Å². The third-order valence-corrected chi connectivity index (χ3v) is 5.50. The zero-order chi connectivity index (χ0) is 20.8. The molecule has 3 rings (SSSR count). The van der Waals surface area contributed by atoms with Gasteiger partial charge in [0.25, 0.3) is 0 Å². The summed E-state index contributed by atoms with van der Waals surface area (Å²) in [5.41, 5.74) is 5.41. The highest BCUT2D eigenvalue weighted by Gasteiger charge is 2.21. The van der Waals surface area contributed by atoms with E-state index < -0.39 is 5.97 Å². The molecule has 7 heteroatoms. The van der Waals surface area contributed by atoms with Gasteiger partial charge < -0.3 is 4.74 Å². The summed E-state index contributed by atoms with van der Waals surface area (Å²) in [6.45, 7) is 3.81. The molecule has 0 fully saturated rings. The fraction of sp³-hybridized carbons (Fsp3) is 0.182. The first-order valence-corrected chi connectivity index (χ1v) is 10.5. The van der Waals surface area contributed by atoms with Gasteiger partial charge in [-0.1, -0.05) is 41.9 Å². The van der Waals surface area contributed by atoms with E-state index in [1.807, 2.05) is 42.5 Å². The number of aromatic nitrogens is 1. The minimum atomic E-state index is -0.424. The van der Waals surface area contributed by atoms with Crippen molar-refractivity contribution in [3.63, 3.8) is 0 Å². The lowest BCUT2D eigenvalue weighted by atomic mass is 10.1. The van der Waals surface area contributed by atoms with Gasteiger partial charge in [0.2, 0.25) is 5.91 Å². The van der Waals surface area contributed by atoms with Crippen LogP contribution in [0.25, 0.3) is 11.3 Å². The summed E-state index contributed by atoms with van der Waals surface area (Å²) in [7, 11) is 0. The first-order chi connectivity index (χ1) is 14.0. The van der Waals surface area contributed by atoms with Crippen LogP contribution in [0.1, 0.15) is 23.0 Å². The standard InChI is InChI=1S/C22H21ClN2O3S/c1-3-28-22(27)19-13-20(16-9-11-17(23)12-10-16)25(15(19)2)24-21(26)14-29-18-7-5-4-6-8-18/h4-13H,3,14H2,1-2H3,(H,24,26). The van der Waals surface area contributed by atoms with Crippen molar-refractivity contribution in [1.29, 1.82) is 0 Å². The maximum absolute atomic E-state index is 12.6. The maximum atomic E-state index is 12.6. The number of hydrogen-bond acceptors (Lipinski definition) is 4. The Kier molecular flexibility index (Phi) is 7.01. The van der Waals surface area contributed by atoms with Crippen LogP contribution in [0, 0.1) is 6.92 Å². The van der Waals surface area contributed by atoms with Gasteiger partial charge in [-0.15, -0.1) is 11.8 Å². The predicted octanol–water partition coefficient (Wildman–Crippen LogP) is 5.16. The molecular formula is C22H21ClN2O3S. The van der Waals surface area contributed by atoms with Crippen LogP contribution in [0.3, 0.4) is 0 Å². The summed E-state index contributed by atoms with van der Waals surface area (Å²) in [5, 5.41) is 0.609. The van der Waals surface area contributed by atoms with Crippen molar-refractivity contribution < 1.29 is 14.3 Å². The van der Waals surface area contributed by atoms with Gasteiger partial charge in [0, 0.05) is 15.5 Å². The van der Waals surface area contributed by atoms with Crippen molar-refractivity contribution in [2.24, 2.45) is 0 Å². The van der Waals surface area contributed by atoms with Crippen LogP contribution < -0.4 is 5.43 Å². The lowest BCUT2D eigenvalue weighted by molar-refractivity contribution is -0.114. The number of thioether (sulfide) groups is 1. The highest BCUT2D eigenvalue weighted by atomic mass is 35.5. The summed E-state index contributed by atoms with van der Waals surface area (Å²) < 4.78 is 6.78. The fourth-order valence-corrected chi connectivity index (χ4v) is 3.66. The van der Waals surface area contributed by atoms with Crippen molar-refractivity contribution >= 4 is 35.2 Å². The molecule has 0 aliphatic carbocycles. The third-order valence-electron chi connectivity index (χ3n) is 4.23. The van der Waals surface area contributed by atoms with Crippen LogP contribution in [0.15, 0.2) is 65.6 Å². The molecule has 3 aromatic rings. The van der Waals surface area contributed by atoms with Gasteiger partial charge in [-0.05, 0) is 44.2 Å². The van der Waals surface area contributed by atoms with Gasteiger partial charge in [-0.3, -0.25) is 14.9 Å². The van der Waals surface area contributed by atoms with Crippen molar-refractivity contribution in [2.45, 2.75) is 18.7 Å². The number of nitrogens with one attached hydrogen (secondary N) is 1. The molecule has 5 nitrogen and oxygen atoms in total. The second-order valence-corrected chi connectivity index (χ2v) is 7.71. The van der Waals surface area contributed by atoms with E-state index in [0.717, 1.165) is 10.5 Å². The molecule has 0 spiro atoms. The molecule has 0 saturated carbocycles. The molecule has 1 aromatic heterocycles. The minimum Gasteiger partial charge on any atom is -0.462 e. The molecule has 0 radical (unpaired) electrons. The van der Waals surface area contributed by atoms with Crippen molar-refractivity contribution in [3.05, 3.63) is 76.9 Å². The number of benzene rings is 2. The molecule has 29 heavy (non-hydrogen) atoms. The molecule has 0 saturated heterocycles. The number of rotatable bonds is 7. The number of ether oxygens (including phenoxy) is 1. The Labute approximate surface area is 179 Å². The predicted molar refractivity (Wildman–Crippen MR) is 117 cm³/mol. The second-order valence-electron chi connectivity index (χ2n) is 6.23. The monoisotopic (exact) mass is 428 g/mol. The SMILES string of the molecule is CCOC(=O)c1cc(-c2ccc(Cl)cc2)n(NC(=O)CSc2ccccc2)c1C. The second kappa shape index (κ2) is 9.67. The molecule has 0 bridgehead atoms. The van der Waals surface area contributed by atoms with E-state index in [0.29, 0.717) is 22.0 Å². The molecular weight excluding hydrogens is 408 g/mol. The lowest BCUT2D eigenvalue weighted by Crippen LogP contribution is -2.26. The zero-order valence-electron chi connectivity index (χ0n) is 16.1. The van der Waals surface area contributed by atoms with Crippen molar-refractivity contribution in [1.82, 2.24) is 4.68 Å². The van der Waals surface area contributed by atoms with Gasteiger partial charge in [-0.2, -0.15) is 0 Å². The summed E-state index contributed by atoms with van der Waals surface area (Å²) in [5.74, 6) is -0.355. The van der Waals surface area contributed by atoms with E-state index in [4.69, 9.17) is 16.3 Å². The van der Waals surface area contributed by atoms with Crippen molar-refractivity contribution in [2.75, 3.05) is 17.8 Å². The Hall–Kier alpha value is -2.70. The average molecular weight is 429 g/mol. The number of carbonyl (C=O) groups is 2. The summed E-state index contributed by atoms with van der Waals surface area (Å²) in [6.07, 6.45) is 0. The summed E-state index contributed by atoms with van der Waals surface area (Å²) in [6, 6.07) is 18.6. The summed E-state index contributed by atoms with van der Waals surface area (Å²) in [4.78, 5) is 25.9. The Bertz CT molecular complexity index is 1000. The van der Waals surface area contributed by atoms with Gasteiger partial charge in [0.05, 0.1) is 29.3 Å². The first-order valence-electron chi connectivity index (χ1n) is 9.12. The molecule has 150 valence electrons. The van der Waals surface area contributed by atoms with Crippen LogP contribution in [0.5, 0.6) is 0 Å². The van der Waals surface area contributed by atoms with E-state index in [9.17, 15) is 9.59 Å². The third kappa shape index (κ3) is 5.22. The Morgan fingerprint density at radius 3 is 2.45 bits per heavy atom. The van der Waals surface area contributed by atoms with Crippen LogP contribution in [0.2, 0.25) is 5.02 Å². The molecule has 2 aromatic carbocycles. The molecule has 0 unspecified atom stereocenters. The molecule has 1 N–H and O–H groups in total. The molecule has 0 aliphatic rings. The van der Waals surface area contributed by atoms with Crippen LogP contribution in [-0.4, -0.2) is 28.9 Å². The van der Waals surface area contributed by atoms with Gasteiger partial charge in [0.1, 0.15) is 0 Å². The minimum absolute atomic E-state index is 0.178. The van der Waals surface area contributed by atoms with E-state index in [1.165, 1.54) is 11.8 Å². The van der Waals surface area contributed by atoms with Gasteiger partial charge in [0.15, 0.2) is 0 Å². The largest absolute Gasteiger partial charge is 0.462 e. The zero-order valence-corrected chi connectivity index (χ0v) is 17.7. The highest BCUT2D eigenvalue weighted by Crippen LogP contribution is 2.27. The Morgan fingerprint density at radius 2 is 1.79 bits per heavy atom. The molecule has 0 aliphatic heterocycles. The average Bonchev–Trinajstić information content (AvgIpc) is 3.04. The first kappa shape index (κ1) is 21.0. The number of esters is 1. The number of hydrogen-bond donors (Lipinski definition) is 1. The summed E-state index contributed by atoms with van der Waals surface area (Å²) >= 11 is 7.44. The Balaban J connectivity index is 1.87. The normalized spacial score (nSPS) is 10.6. The lowest BCUT2D eigenvalue weighted by Gasteiger charge is -2.14. The number of nitrogens with zero attached hydrogens (tertiary/aromatic N) is 1. The van der Waals surface area contributed by atoms with E-state index in [2.05, 4.69) is 5.43 Å². The number of amides is 1. The molecule has 0 atom stereocenters. The van der Waals surface area contributed by atoms with Crippen molar-refractivity contribution in [3.8, 4) is 11.3 Å². The quantitative estimate of drug-likeness (QED) is 0.417. The number of carbonyl (C=O) groups excluding carboxylic acids is 2. The van der Waals surface area contributed by atoms with Gasteiger partial charge in [-0.25, -0.2) is 4.79 Å². The topological polar surface area (TPSA) is 60.3 Å². The van der Waals surface area contributed by atoms with Crippen LogP contribution >= 0.6 is 23.4 Å². The highest BCUT2D eigenvalue weighted by molar-refractivity contribution is 8.00. The fourth-order valence-electron chi connectivity index (χ4n) is 2.82.